The van der Waals surface area contributed by atoms with Crippen LogP contribution in [-0.4, -0.2) is 42.4 Å². The molecule has 3 heteroatoms. The van der Waals surface area contributed by atoms with Gasteiger partial charge in [-0.3, -0.25) is 4.79 Å². The number of hydrogen-bond donors (Lipinski definition) is 0. The minimum absolute atomic E-state index is 0.181. The Bertz CT molecular complexity index is 648. The standard InChI is InChI=1S/C22H28N2O/c1-23(18-20-8-4-2-5-9-20)15-12-19-13-16-24(17-14-19)22(25)21-10-6-3-7-11-21/h2-11,19H,12-18H2,1H3. The highest BCUT2D eigenvalue weighted by molar-refractivity contribution is 5.94. The summed E-state index contributed by atoms with van der Waals surface area (Å²) in [5.74, 6) is 0.915. The Kier molecular flexibility index (Phi) is 6.24. The van der Waals surface area contributed by atoms with Crippen LogP contribution in [0.25, 0.3) is 0 Å². The molecule has 2 aromatic rings. The minimum atomic E-state index is 0.181. The summed E-state index contributed by atoms with van der Waals surface area (Å²) in [5, 5.41) is 0. The van der Waals surface area contributed by atoms with Gasteiger partial charge in [-0.25, -0.2) is 0 Å². The molecular formula is C22H28N2O. The third kappa shape index (κ3) is 5.17. The number of hydrogen-bond acceptors (Lipinski definition) is 2. The van der Waals surface area contributed by atoms with Crippen LogP contribution >= 0.6 is 0 Å². The summed E-state index contributed by atoms with van der Waals surface area (Å²) in [4.78, 5) is 16.9. The molecule has 0 spiro atoms. The van der Waals surface area contributed by atoms with Crippen LogP contribution in [0.15, 0.2) is 60.7 Å². The van der Waals surface area contributed by atoms with Gasteiger partial charge in [-0.2, -0.15) is 0 Å². The Balaban J connectivity index is 1.40. The van der Waals surface area contributed by atoms with Gasteiger partial charge in [-0.05, 0) is 56.5 Å². The molecule has 1 fully saturated rings. The summed E-state index contributed by atoms with van der Waals surface area (Å²) in [6.07, 6.45) is 3.46. The Morgan fingerprint density at radius 2 is 1.60 bits per heavy atom. The molecular weight excluding hydrogens is 308 g/mol. The number of piperidine rings is 1. The van der Waals surface area contributed by atoms with E-state index in [-0.39, 0.29) is 5.91 Å². The fourth-order valence-corrected chi connectivity index (χ4v) is 3.57. The van der Waals surface area contributed by atoms with Gasteiger partial charge in [-0.1, -0.05) is 48.5 Å². The van der Waals surface area contributed by atoms with Crippen molar-refractivity contribution in [3.05, 3.63) is 71.8 Å². The van der Waals surface area contributed by atoms with E-state index in [2.05, 4.69) is 42.3 Å². The summed E-state index contributed by atoms with van der Waals surface area (Å²) < 4.78 is 0. The van der Waals surface area contributed by atoms with Crippen LogP contribution in [0.3, 0.4) is 0 Å². The molecule has 0 unspecified atom stereocenters. The van der Waals surface area contributed by atoms with E-state index in [1.54, 1.807) is 0 Å². The Morgan fingerprint density at radius 1 is 1.00 bits per heavy atom. The van der Waals surface area contributed by atoms with E-state index in [1.807, 2.05) is 35.2 Å². The van der Waals surface area contributed by atoms with Crippen LogP contribution in [0.5, 0.6) is 0 Å². The highest BCUT2D eigenvalue weighted by Crippen LogP contribution is 2.22. The highest BCUT2D eigenvalue weighted by atomic mass is 16.2. The predicted molar refractivity (Wildman–Crippen MR) is 102 cm³/mol. The van der Waals surface area contributed by atoms with Gasteiger partial charge in [0, 0.05) is 25.2 Å². The Labute approximate surface area is 151 Å². The van der Waals surface area contributed by atoms with Gasteiger partial charge in [0.2, 0.25) is 0 Å². The summed E-state index contributed by atoms with van der Waals surface area (Å²) in [6.45, 7) is 3.90. The molecule has 1 aliphatic heterocycles. The molecule has 0 bridgehead atoms. The molecule has 0 aliphatic carbocycles. The van der Waals surface area contributed by atoms with Crippen molar-refractivity contribution in [3.63, 3.8) is 0 Å². The van der Waals surface area contributed by atoms with E-state index < -0.39 is 0 Å². The molecule has 0 saturated carbocycles. The van der Waals surface area contributed by atoms with E-state index in [9.17, 15) is 4.79 Å². The van der Waals surface area contributed by atoms with Crippen molar-refractivity contribution in [2.75, 3.05) is 26.7 Å². The third-order valence-corrected chi connectivity index (χ3v) is 5.14. The zero-order valence-corrected chi connectivity index (χ0v) is 15.1. The molecule has 0 radical (unpaired) electrons. The molecule has 0 atom stereocenters. The molecule has 1 saturated heterocycles. The van der Waals surface area contributed by atoms with Crippen molar-refractivity contribution in [2.45, 2.75) is 25.8 Å². The van der Waals surface area contributed by atoms with Gasteiger partial charge in [0.15, 0.2) is 0 Å². The molecule has 2 aromatic carbocycles. The number of benzene rings is 2. The first-order chi connectivity index (χ1) is 12.2. The quantitative estimate of drug-likeness (QED) is 0.794. The molecule has 3 nitrogen and oxygen atoms in total. The van der Waals surface area contributed by atoms with Gasteiger partial charge in [0.25, 0.3) is 5.91 Å². The van der Waals surface area contributed by atoms with Crippen LogP contribution in [-0.2, 0) is 6.54 Å². The second kappa shape index (κ2) is 8.82. The highest BCUT2D eigenvalue weighted by Gasteiger charge is 2.23. The normalized spacial score (nSPS) is 15.5. The van der Waals surface area contributed by atoms with Gasteiger partial charge < -0.3 is 9.80 Å². The van der Waals surface area contributed by atoms with E-state index in [4.69, 9.17) is 0 Å². The molecule has 3 rings (SSSR count). The lowest BCUT2D eigenvalue weighted by Gasteiger charge is -2.33. The van der Waals surface area contributed by atoms with Gasteiger partial charge in [-0.15, -0.1) is 0 Å². The second-order valence-electron chi connectivity index (χ2n) is 7.11. The van der Waals surface area contributed by atoms with Crippen LogP contribution in [0.4, 0.5) is 0 Å². The monoisotopic (exact) mass is 336 g/mol. The van der Waals surface area contributed by atoms with Gasteiger partial charge in [0.1, 0.15) is 0 Å². The van der Waals surface area contributed by atoms with Crippen molar-refractivity contribution in [1.82, 2.24) is 9.80 Å². The van der Waals surface area contributed by atoms with Crippen LogP contribution in [0.2, 0.25) is 0 Å². The first kappa shape index (κ1) is 17.7. The van der Waals surface area contributed by atoms with Crippen molar-refractivity contribution in [2.24, 2.45) is 5.92 Å². The molecule has 0 N–H and O–H groups in total. The summed E-state index contributed by atoms with van der Waals surface area (Å²) in [6, 6.07) is 20.3. The maximum atomic E-state index is 12.5. The van der Waals surface area contributed by atoms with Gasteiger partial charge >= 0.3 is 0 Å². The number of carbonyl (C=O) groups is 1. The molecule has 1 heterocycles. The lowest BCUT2D eigenvalue weighted by Crippen LogP contribution is -2.39. The predicted octanol–water partition coefficient (Wildman–Crippen LogP) is 4.06. The van der Waals surface area contributed by atoms with Crippen molar-refractivity contribution < 1.29 is 4.79 Å². The number of nitrogens with zero attached hydrogens (tertiary/aromatic N) is 2. The zero-order valence-electron chi connectivity index (χ0n) is 15.1. The maximum absolute atomic E-state index is 12.5. The first-order valence-electron chi connectivity index (χ1n) is 9.29. The minimum Gasteiger partial charge on any atom is -0.339 e. The number of rotatable bonds is 6. The van der Waals surface area contributed by atoms with E-state index in [0.717, 1.165) is 50.5 Å². The van der Waals surface area contributed by atoms with Crippen LogP contribution < -0.4 is 0 Å². The Morgan fingerprint density at radius 3 is 2.24 bits per heavy atom. The third-order valence-electron chi connectivity index (χ3n) is 5.14. The summed E-state index contributed by atoms with van der Waals surface area (Å²) >= 11 is 0. The topological polar surface area (TPSA) is 23.6 Å². The second-order valence-corrected chi connectivity index (χ2v) is 7.11. The Hall–Kier alpha value is -2.13. The maximum Gasteiger partial charge on any atom is 0.253 e. The number of carbonyl (C=O) groups excluding carboxylic acids is 1. The fourth-order valence-electron chi connectivity index (χ4n) is 3.57. The van der Waals surface area contributed by atoms with Crippen molar-refractivity contribution in [1.29, 1.82) is 0 Å². The molecule has 132 valence electrons. The van der Waals surface area contributed by atoms with Crippen molar-refractivity contribution >= 4 is 5.91 Å². The number of amides is 1. The SMILES string of the molecule is CN(CCC1CCN(C(=O)c2ccccc2)CC1)Cc1ccccc1. The largest absolute Gasteiger partial charge is 0.339 e. The fraction of sp³-hybridized carbons (Fsp3) is 0.409. The molecule has 0 aromatic heterocycles. The van der Waals surface area contributed by atoms with Crippen molar-refractivity contribution in [3.8, 4) is 0 Å². The smallest absolute Gasteiger partial charge is 0.253 e. The summed E-state index contributed by atoms with van der Waals surface area (Å²) in [5.41, 5.74) is 2.18. The first-order valence-corrected chi connectivity index (χ1v) is 9.29. The van der Waals surface area contributed by atoms with Gasteiger partial charge in [0.05, 0.1) is 0 Å². The zero-order chi connectivity index (χ0) is 17.5. The lowest BCUT2D eigenvalue weighted by atomic mass is 9.93. The summed E-state index contributed by atoms with van der Waals surface area (Å²) in [7, 11) is 2.20. The van der Waals surface area contributed by atoms with Crippen LogP contribution in [0.1, 0.15) is 35.2 Å². The molecule has 25 heavy (non-hydrogen) atoms. The number of likely N-dealkylation sites (tertiary alicyclic amines) is 1. The average molecular weight is 336 g/mol. The molecule has 1 aliphatic rings. The van der Waals surface area contributed by atoms with Crippen LogP contribution in [0, 0.1) is 5.92 Å². The van der Waals surface area contributed by atoms with E-state index in [1.165, 1.54) is 12.0 Å². The molecule has 1 amide bonds. The van der Waals surface area contributed by atoms with E-state index >= 15 is 0 Å². The van der Waals surface area contributed by atoms with E-state index in [0.29, 0.717) is 0 Å². The lowest BCUT2D eigenvalue weighted by molar-refractivity contribution is 0.0682. The average Bonchev–Trinajstić information content (AvgIpc) is 2.68.